The van der Waals surface area contributed by atoms with Crippen molar-refractivity contribution in [2.45, 2.75) is 20.3 Å². The minimum Gasteiger partial charge on any atom is -0.497 e. The average Bonchev–Trinajstić information content (AvgIpc) is 2.25. The van der Waals surface area contributed by atoms with Gasteiger partial charge in [-0.15, -0.1) is 11.6 Å². The van der Waals surface area contributed by atoms with Crippen molar-refractivity contribution < 1.29 is 4.74 Å². The monoisotopic (exact) mass is 224 g/mol. The number of aryl methyl sites for hydroxylation is 1. The van der Waals surface area contributed by atoms with Gasteiger partial charge in [-0.2, -0.15) is 0 Å². The molecule has 0 aromatic heterocycles. The Hall–Kier alpha value is -0.950. The van der Waals surface area contributed by atoms with Gasteiger partial charge in [-0.05, 0) is 49.1 Å². The van der Waals surface area contributed by atoms with Crippen molar-refractivity contribution in [3.05, 3.63) is 35.4 Å². The highest BCUT2D eigenvalue weighted by atomic mass is 35.5. The van der Waals surface area contributed by atoms with Gasteiger partial charge in [0.15, 0.2) is 0 Å². The van der Waals surface area contributed by atoms with Crippen LogP contribution in [0.1, 0.15) is 24.5 Å². The van der Waals surface area contributed by atoms with Crippen molar-refractivity contribution in [2.24, 2.45) is 0 Å². The molecule has 0 N–H and O–H groups in total. The van der Waals surface area contributed by atoms with Gasteiger partial charge in [0.25, 0.3) is 0 Å². The fourth-order valence-corrected chi connectivity index (χ4v) is 1.70. The molecule has 0 aliphatic carbocycles. The van der Waals surface area contributed by atoms with E-state index in [1.807, 2.05) is 12.1 Å². The fourth-order valence-electron chi connectivity index (χ4n) is 1.59. The Labute approximate surface area is 96.7 Å². The van der Waals surface area contributed by atoms with Gasteiger partial charge in [-0.3, -0.25) is 0 Å². The first kappa shape index (κ1) is 12.1. The molecule has 0 aliphatic rings. The molecule has 1 rings (SSSR count). The molecule has 0 atom stereocenters. The van der Waals surface area contributed by atoms with Crippen LogP contribution >= 0.6 is 11.6 Å². The molecule has 0 aliphatic heterocycles. The van der Waals surface area contributed by atoms with E-state index in [1.165, 1.54) is 16.7 Å². The third-order valence-corrected chi connectivity index (χ3v) is 2.64. The second-order valence-corrected chi connectivity index (χ2v) is 3.92. The summed E-state index contributed by atoms with van der Waals surface area (Å²) in [7, 11) is 1.69. The lowest BCUT2D eigenvalue weighted by molar-refractivity contribution is 0.414. The second-order valence-electron chi connectivity index (χ2n) is 3.55. The van der Waals surface area contributed by atoms with Gasteiger partial charge in [0.05, 0.1) is 7.11 Å². The van der Waals surface area contributed by atoms with E-state index < -0.39 is 0 Å². The zero-order valence-electron chi connectivity index (χ0n) is 9.51. The maximum atomic E-state index is 5.66. The highest BCUT2D eigenvalue weighted by Gasteiger charge is 2.01. The van der Waals surface area contributed by atoms with Crippen LogP contribution in [0.5, 0.6) is 5.75 Å². The van der Waals surface area contributed by atoms with E-state index in [0.29, 0.717) is 5.88 Å². The molecule has 0 saturated heterocycles. The summed E-state index contributed by atoms with van der Waals surface area (Å²) in [6.45, 7) is 4.21. The molecule has 1 aromatic rings. The van der Waals surface area contributed by atoms with Crippen molar-refractivity contribution in [3.8, 4) is 5.75 Å². The van der Waals surface area contributed by atoms with Crippen LogP contribution in [0.15, 0.2) is 24.3 Å². The number of allylic oxidation sites excluding steroid dienone is 2. The number of ether oxygens (including phenoxy) is 1. The van der Waals surface area contributed by atoms with Gasteiger partial charge in [-0.1, -0.05) is 12.1 Å². The first-order chi connectivity index (χ1) is 7.19. The van der Waals surface area contributed by atoms with Crippen molar-refractivity contribution >= 4 is 17.2 Å². The number of rotatable bonds is 4. The molecule has 0 spiro atoms. The normalized spacial score (nSPS) is 11.6. The van der Waals surface area contributed by atoms with Gasteiger partial charge in [0, 0.05) is 5.88 Å². The lowest BCUT2D eigenvalue weighted by Crippen LogP contribution is -1.89. The van der Waals surface area contributed by atoms with Crippen LogP contribution in [-0.4, -0.2) is 13.0 Å². The number of hydrogen-bond acceptors (Lipinski definition) is 1. The van der Waals surface area contributed by atoms with E-state index in [2.05, 4.69) is 26.0 Å². The first-order valence-electron chi connectivity index (χ1n) is 5.06. The highest BCUT2D eigenvalue weighted by Crippen LogP contribution is 2.23. The van der Waals surface area contributed by atoms with E-state index in [1.54, 1.807) is 7.11 Å². The van der Waals surface area contributed by atoms with Crippen LogP contribution in [0.25, 0.3) is 5.57 Å². The lowest BCUT2D eigenvalue weighted by atomic mass is 10.0. The third kappa shape index (κ3) is 3.28. The molecule has 1 aromatic carbocycles. The Bertz CT molecular complexity index is 356. The largest absolute Gasteiger partial charge is 0.497 e. The molecule has 0 saturated carbocycles. The molecule has 0 amide bonds. The van der Waals surface area contributed by atoms with Gasteiger partial charge in [-0.25, -0.2) is 0 Å². The second kappa shape index (κ2) is 5.82. The van der Waals surface area contributed by atoms with Gasteiger partial charge in [0.1, 0.15) is 5.75 Å². The Kier molecular flexibility index (Phi) is 4.70. The molecule has 0 radical (unpaired) electrons. The summed E-state index contributed by atoms with van der Waals surface area (Å²) in [5.74, 6) is 1.58. The van der Waals surface area contributed by atoms with Gasteiger partial charge >= 0.3 is 0 Å². The highest BCUT2D eigenvalue weighted by molar-refractivity contribution is 6.17. The molecular weight excluding hydrogens is 208 g/mol. The predicted octanol–water partition coefficient (Wildman–Crippen LogP) is 4.04. The summed E-state index contributed by atoms with van der Waals surface area (Å²) in [5.41, 5.74) is 3.77. The smallest absolute Gasteiger partial charge is 0.119 e. The molecule has 0 unspecified atom stereocenters. The van der Waals surface area contributed by atoms with Crippen LogP contribution < -0.4 is 4.74 Å². The Morgan fingerprint density at radius 3 is 2.73 bits per heavy atom. The summed E-state index contributed by atoms with van der Waals surface area (Å²) >= 11 is 5.66. The quantitative estimate of drug-likeness (QED) is 0.702. The van der Waals surface area contributed by atoms with Gasteiger partial charge in [0.2, 0.25) is 0 Å². The number of methoxy groups -OCH3 is 1. The van der Waals surface area contributed by atoms with E-state index in [9.17, 15) is 0 Å². The van der Waals surface area contributed by atoms with Crippen molar-refractivity contribution in [3.63, 3.8) is 0 Å². The molecule has 0 fully saturated rings. The molecule has 15 heavy (non-hydrogen) atoms. The summed E-state index contributed by atoms with van der Waals surface area (Å²) < 4.78 is 5.17. The Balaban J connectivity index is 2.95. The van der Waals surface area contributed by atoms with Crippen LogP contribution in [0, 0.1) is 6.92 Å². The standard InChI is InChI=1S/C13H17ClO/c1-10(5-4-8-14)13-7-6-12(15-3)9-11(13)2/h5-7,9H,4,8H2,1-3H3. The van der Waals surface area contributed by atoms with E-state index in [0.717, 1.165) is 12.2 Å². The zero-order chi connectivity index (χ0) is 11.3. The molecule has 1 nitrogen and oxygen atoms in total. The number of alkyl halides is 1. The topological polar surface area (TPSA) is 9.23 Å². The maximum absolute atomic E-state index is 5.66. The third-order valence-electron chi connectivity index (χ3n) is 2.42. The van der Waals surface area contributed by atoms with Crippen molar-refractivity contribution in [1.29, 1.82) is 0 Å². The van der Waals surface area contributed by atoms with Crippen molar-refractivity contribution in [1.82, 2.24) is 0 Å². The predicted molar refractivity (Wildman–Crippen MR) is 66.7 cm³/mol. The van der Waals surface area contributed by atoms with Crippen LogP contribution in [0.4, 0.5) is 0 Å². The molecular formula is C13H17ClO. The van der Waals surface area contributed by atoms with Crippen LogP contribution in [0.3, 0.4) is 0 Å². The lowest BCUT2D eigenvalue weighted by Gasteiger charge is -2.08. The minimum absolute atomic E-state index is 0.673. The molecule has 0 bridgehead atoms. The fraction of sp³-hybridized carbons (Fsp3) is 0.385. The van der Waals surface area contributed by atoms with Crippen molar-refractivity contribution in [2.75, 3.05) is 13.0 Å². The Morgan fingerprint density at radius 2 is 2.20 bits per heavy atom. The van der Waals surface area contributed by atoms with E-state index in [4.69, 9.17) is 16.3 Å². The summed E-state index contributed by atoms with van der Waals surface area (Å²) in [5, 5.41) is 0. The van der Waals surface area contributed by atoms with Crippen LogP contribution in [-0.2, 0) is 0 Å². The molecule has 82 valence electrons. The first-order valence-corrected chi connectivity index (χ1v) is 5.60. The van der Waals surface area contributed by atoms with E-state index >= 15 is 0 Å². The summed E-state index contributed by atoms with van der Waals surface area (Å²) in [6.07, 6.45) is 3.08. The summed E-state index contributed by atoms with van der Waals surface area (Å²) in [4.78, 5) is 0. The minimum atomic E-state index is 0.673. The van der Waals surface area contributed by atoms with Gasteiger partial charge < -0.3 is 4.74 Å². The number of halogens is 1. The average molecular weight is 225 g/mol. The zero-order valence-corrected chi connectivity index (χ0v) is 10.3. The molecule has 0 heterocycles. The SMILES string of the molecule is COc1ccc(C(C)=CCCCl)c(C)c1. The summed E-state index contributed by atoms with van der Waals surface area (Å²) in [6, 6.07) is 6.13. The number of hydrogen-bond donors (Lipinski definition) is 0. The van der Waals surface area contributed by atoms with Crippen LogP contribution in [0.2, 0.25) is 0 Å². The molecule has 2 heteroatoms. The Morgan fingerprint density at radius 1 is 1.47 bits per heavy atom. The maximum Gasteiger partial charge on any atom is 0.119 e. The number of benzene rings is 1. The van der Waals surface area contributed by atoms with E-state index in [-0.39, 0.29) is 0 Å².